The molecule has 1 N–H and O–H groups in total. The predicted molar refractivity (Wildman–Crippen MR) is 90.6 cm³/mol. The van der Waals surface area contributed by atoms with E-state index < -0.39 is 0 Å². The first-order chi connectivity index (χ1) is 12.7. The number of benzene rings is 1. The zero-order valence-corrected chi connectivity index (χ0v) is 14.1. The first-order valence-corrected chi connectivity index (χ1v) is 8.30. The number of hydrogen-bond acceptors (Lipinski definition) is 5. The molecule has 0 unspecified atom stereocenters. The van der Waals surface area contributed by atoms with Gasteiger partial charge in [0.1, 0.15) is 18.0 Å². The molecule has 3 rings (SSSR count). The van der Waals surface area contributed by atoms with Gasteiger partial charge in [0, 0.05) is 25.5 Å². The Morgan fingerprint density at radius 3 is 2.88 bits per heavy atom. The van der Waals surface area contributed by atoms with Gasteiger partial charge in [0.05, 0.1) is 6.54 Å². The number of hydrogen-bond donors (Lipinski definition) is 1. The molecule has 1 aliphatic heterocycles. The van der Waals surface area contributed by atoms with Crippen molar-refractivity contribution in [1.82, 2.24) is 20.2 Å². The Morgan fingerprint density at radius 1 is 1.35 bits per heavy atom. The summed E-state index contributed by atoms with van der Waals surface area (Å²) in [4.78, 5) is 22.0. The second-order valence-corrected chi connectivity index (χ2v) is 5.94. The summed E-state index contributed by atoms with van der Waals surface area (Å²) in [6, 6.07) is 7.73. The number of aromatic nitrogens is 2. The summed E-state index contributed by atoms with van der Waals surface area (Å²) in [6.45, 7) is 1.35. The third-order valence-electron chi connectivity index (χ3n) is 4.07. The molecule has 1 saturated heterocycles. The molecule has 0 bridgehead atoms. The second kappa shape index (κ2) is 8.25. The van der Waals surface area contributed by atoms with Crippen molar-refractivity contribution in [2.24, 2.45) is 0 Å². The highest BCUT2D eigenvalue weighted by Gasteiger charge is 2.26. The summed E-state index contributed by atoms with van der Waals surface area (Å²) < 4.78 is 18.7. The molecular formula is C18H18FN5O2. The average molecular weight is 355 g/mol. The first-order valence-electron chi connectivity index (χ1n) is 8.30. The molecule has 26 heavy (non-hydrogen) atoms. The second-order valence-electron chi connectivity index (χ2n) is 5.94. The highest BCUT2D eigenvalue weighted by atomic mass is 19.1. The Morgan fingerprint density at radius 2 is 2.12 bits per heavy atom. The number of amides is 2. The average Bonchev–Trinajstić information content (AvgIpc) is 2.68. The van der Waals surface area contributed by atoms with Crippen LogP contribution in [0.3, 0.4) is 0 Å². The minimum absolute atomic E-state index is 0.130. The van der Waals surface area contributed by atoms with Crippen LogP contribution in [-0.4, -0.2) is 40.1 Å². The molecule has 2 amide bonds. The fourth-order valence-electron chi connectivity index (χ4n) is 2.76. The fraction of sp³-hybridized carbons (Fsp3) is 0.333. The number of halogens is 1. The molecule has 0 aliphatic carbocycles. The highest BCUT2D eigenvalue weighted by molar-refractivity contribution is 5.74. The number of nitrogens with one attached hydrogen (secondary N) is 1. The Hall–Kier alpha value is -3.21. The van der Waals surface area contributed by atoms with Crippen molar-refractivity contribution in [3.63, 3.8) is 0 Å². The van der Waals surface area contributed by atoms with E-state index >= 15 is 0 Å². The molecule has 7 nitrogen and oxygen atoms in total. The van der Waals surface area contributed by atoms with Crippen LogP contribution in [0.2, 0.25) is 0 Å². The van der Waals surface area contributed by atoms with Crippen LogP contribution in [-0.2, 0) is 6.54 Å². The molecular weight excluding hydrogens is 337 g/mol. The number of piperidine rings is 1. The van der Waals surface area contributed by atoms with E-state index in [0.29, 0.717) is 19.6 Å². The van der Waals surface area contributed by atoms with Crippen LogP contribution in [0.1, 0.15) is 24.1 Å². The molecule has 2 aromatic rings. The minimum atomic E-state index is -0.308. The summed E-state index contributed by atoms with van der Waals surface area (Å²) >= 11 is 0. The Balaban J connectivity index is 1.55. The van der Waals surface area contributed by atoms with Gasteiger partial charge in [-0.05, 0) is 30.5 Å². The van der Waals surface area contributed by atoms with Gasteiger partial charge < -0.3 is 15.0 Å². The lowest BCUT2D eigenvalue weighted by Gasteiger charge is -2.32. The number of nitrogens with zero attached hydrogens (tertiary/aromatic N) is 4. The van der Waals surface area contributed by atoms with Crippen LogP contribution in [0.15, 0.2) is 36.7 Å². The maximum Gasteiger partial charge on any atom is 0.317 e. The summed E-state index contributed by atoms with van der Waals surface area (Å²) in [5.41, 5.74) is 0.952. The molecule has 134 valence electrons. The van der Waals surface area contributed by atoms with E-state index in [1.54, 1.807) is 17.0 Å². The molecule has 1 aromatic heterocycles. The number of rotatable bonds is 4. The number of nitriles is 1. The van der Waals surface area contributed by atoms with Gasteiger partial charge in [-0.25, -0.2) is 19.2 Å². The zero-order chi connectivity index (χ0) is 18.4. The smallest absolute Gasteiger partial charge is 0.317 e. The first kappa shape index (κ1) is 17.6. The van der Waals surface area contributed by atoms with E-state index in [0.717, 1.165) is 18.4 Å². The van der Waals surface area contributed by atoms with Crippen molar-refractivity contribution in [3.8, 4) is 11.9 Å². The SMILES string of the molecule is N#Cc1nccnc1O[C@H]1CCCN(C(=O)NCc2ccc(F)cc2)C1. The molecule has 2 heterocycles. The van der Waals surface area contributed by atoms with Gasteiger partial charge >= 0.3 is 6.03 Å². The highest BCUT2D eigenvalue weighted by Crippen LogP contribution is 2.18. The quantitative estimate of drug-likeness (QED) is 0.908. The lowest BCUT2D eigenvalue weighted by Crippen LogP contribution is -2.48. The Bertz CT molecular complexity index is 806. The van der Waals surface area contributed by atoms with E-state index in [2.05, 4.69) is 15.3 Å². The minimum Gasteiger partial charge on any atom is -0.470 e. The third kappa shape index (κ3) is 4.45. The van der Waals surface area contributed by atoms with Crippen LogP contribution >= 0.6 is 0 Å². The van der Waals surface area contributed by atoms with Gasteiger partial charge in [-0.15, -0.1) is 0 Å². The normalized spacial score (nSPS) is 16.6. The monoisotopic (exact) mass is 355 g/mol. The zero-order valence-electron chi connectivity index (χ0n) is 14.1. The van der Waals surface area contributed by atoms with Crippen LogP contribution < -0.4 is 10.1 Å². The fourth-order valence-corrected chi connectivity index (χ4v) is 2.76. The third-order valence-corrected chi connectivity index (χ3v) is 4.07. The largest absolute Gasteiger partial charge is 0.470 e. The van der Waals surface area contributed by atoms with Gasteiger partial charge in [-0.3, -0.25) is 0 Å². The molecule has 8 heteroatoms. The topological polar surface area (TPSA) is 91.1 Å². The van der Waals surface area contributed by atoms with Crippen molar-refractivity contribution >= 4 is 6.03 Å². The predicted octanol–water partition coefficient (Wildman–Crippen LogP) is 2.24. The Labute approximate surface area is 150 Å². The number of likely N-dealkylation sites (tertiary alicyclic amines) is 1. The molecule has 1 atom stereocenters. The maximum absolute atomic E-state index is 12.9. The van der Waals surface area contributed by atoms with Gasteiger partial charge in [0.2, 0.25) is 5.69 Å². The van der Waals surface area contributed by atoms with Gasteiger partial charge in [0.25, 0.3) is 5.88 Å². The lowest BCUT2D eigenvalue weighted by atomic mass is 10.1. The van der Waals surface area contributed by atoms with Crippen molar-refractivity contribution in [2.45, 2.75) is 25.5 Å². The summed E-state index contributed by atoms with van der Waals surface area (Å²) in [5.74, 6) is -0.120. The molecule has 0 spiro atoms. The standard InChI is InChI=1S/C18H18FN5O2/c19-14-5-3-13(4-6-14)11-23-18(25)24-9-1-2-15(12-24)26-17-16(10-20)21-7-8-22-17/h3-8,15H,1-2,9,11-12H2,(H,23,25)/t15-/m0/s1. The van der Waals surface area contributed by atoms with Crippen molar-refractivity contribution < 1.29 is 13.9 Å². The lowest BCUT2D eigenvalue weighted by molar-refractivity contribution is 0.0971. The number of urea groups is 1. The summed E-state index contributed by atoms with van der Waals surface area (Å²) in [5, 5.41) is 11.9. The van der Waals surface area contributed by atoms with Crippen LogP contribution in [0.25, 0.3) is 0 Å². The van der Waals surface area contributed by atoms with E-state index in [4.69, 9.17) is 10.00 Å². The van der Waals surface area contributed by atoms with Crippen molar-refractivity contribution in [2.75, 3.05) is 13.1 Å². The summed E-state index contributed by atoms with van der Waals surface area (Å²) in [6.07, 6.45) is 4.21. The summed E-state index contributed by atoms with van der Waals surface area (Å²) in [7, 11) is 0. The molecule has 1 fully saturated rings. The van der Waals surface area contributed by atoms with E-state index in [1.165, 1.54) is 24.5 Å². The molecule has 0 saturated carbocycles. The van der Waals surface area contributed by atoms with E-state index in [-0.39, 0.29) is 29.5 Å². The van der Waals surface area contributed by atoms with Crippen LogP contribution in [0, 0.1) is 17.1 Å². The van der Waals surface area contributed by atoms with Gasteiger partial charge in [-0.1, -0.05) is 12.1 Å². The maximum atomic E-state index is 12.9. The van der Waals surface area contributed by atoms with Crippen LogP contribution in [0.4, 0.5) is 9.18 Å². The van der Waals surface area contributed by atoms with Crippen molar-refractivity contribution in [3.05, 3.63) is 53.7 Å². The number of carbonyl (C=O) groups is 1. The van der Waals surface area contributed by atoms with Crippen LogP contribution in [0.5, 0.6) is 5.88 Å². The van der Waals surface area contributed by atoms with E-state index in [1.807, 2.05) is 6.07 Å². The molecule has 0 radical (unpaired) electrons. The van der Waals surface area contributed by atoms with E-state index in [9.17, 15) is 9.18 Å². The Kier molecular flexibility index (Phi) is 5.59. The van der Waals surface area contributed by atoms with Gasteiger partial charge in [0.15, 0.2) is 0 Å². The number of carbonyl (C=O) groups excluding carboxylic acids is 1. The molecule has 1 aromatic carbocycles. The van der Waals surface area contributed by atoms with Crippen molar-refractivity contribution in [1.29, 1.82) is 5.26 Å². The number of ether oxygens (including phenoxy) is 1. The molecule has 1 aliphatic rings. The van der Waals surface area contributed by atoms with Gasteiger partial charge in [-0.2, -0.15) is 5.26 Å².